The number of non-ortho nitro benzene ring substituents is 1. The largest absolute Gasteiger partial charge is 0.496 e. The molecule has 36 heavy (non-hydrogen) atoms. The lowest BCUT2D eigenvalue weighted by atomic mass is 10.2. The number of nitro groups is 1. The van der Waals surface area contributed by atoms with Gasteiger partial charge in [-0.25, -0.2) is 13.2 Å². The third kappa shape index (κ3) is 6.29. The molecule has 2 aromatic carbocycles. The van der Waals surface area contributed by atoms with E-state index in [2.05, 4.69) is 5.32 Å². The Morgan fingerprint density at radius 3 is 2.25 bits per heavy atom. The van der Waals surface area contributed by atoms with Crippen LogP contribution in [0.5, 0.6) is 11.5 Å². The first-order chi connectivity index (χ1) is 17.2. The minimum absolute atomic E-state index is 0.0240. The summed E-state index contributed by atoms with van der Waals surface area (Å²) in [5, 5.41) is 13.4. The number of nitrogens with zero attached hydrogens (tertiary/aromatic N) is 2. The van der Waals surface area contributed by atoms with Crippen LogP contribution in [0.4, 0.5) is 11.4 Å². The summed E-state index contributed by atoms with van der Waals surface area (Å²) in [5.41, 5.74) is -0.403. The highest BCUT2D eigenvalue weighted by Gasteiger charge is 2.27. The number of esters is 1. The molecule has 12 nitrogen and oxygen atoms in total. The number of carbonyl (C=O) groups is 2. The summed E-state index contributed by atoms with van der Waals surface area (Å²) in [7, 11) is -1.19. The van der Waals surface area contributed by atoms with E-state index >= 15 is 0 Å². The minimum atomic E-state index is -3.84. The van der Waals surface area contributed by atoms with Crippen LogP contribution < -0.4 is 14.8 Å². The summed E-state index contributed by atoms with van der Waals surface area (Å²) in [6.45, 7) is 0.0573. The van der Waals surface area contributed by atoms with Gasteiger partial charge in [-0.1, -0.05) is 12.8 Å². The molecule has 0 aromatic heterocycles. The maximum absolute atomic E-state index is 13.1. The number of methoxy groups -OCH3 is 2. The van der Waals surface area contributed by atoms with Crippen molar-refractivity contribution >= 4 is 33.3 Å². The summed E-state index contributed by atoms with van der Waals surface area (Å²) in [6.07, 6.45) is 3.43. The maximum atomic E-state index is 13.1. The Labute approximate surface area is 208 Å². The van der Waals surface area contributed by atoms with Crippen molar-refractivity contribution in [1.29, 1.82) is 0 Å². The van der Waals surface area contributed by atoms with Crippen molar-refractivity contribution in [2.75, 3.05) is 39.2 Å². The van der Waals surface area contributed by atoms with Crippen molar-refractivity contribution in [2.24, 2.45) is 0 Å². The van der Waals surface area contributed by atoms with Crippen LogP contribution in [0.15, 0.2) is 41.3 Å². The molecule has 1 N–H and O–H groups in total. The zero-order chi connectivity index (χ0) is 26.3. The lowest BCUT2D eigenvalue weighted by Crippen LogP contribution is -2.32. The highest BCUT2D eigenvalue weighted by atomic mass is 32.2. The third-order valence-electron chi connectivity index (χ3n) is 5.60. The van der Waals surface area contributed by atoms with Gasteiger partial charge in [-0.15, -0.1) is 0 Å². The van der Waals surface area contributed by atoms with Gasteiger partial charge in [-0.2, -0.15) is 4.31 Å². The number of sulfonamides is 1. The van der Waals surface area contributed by atoms with Gasteiger partial charge in [0.05, 0.1) is 29.7 Å². The van der Waals surface area contributed by atoms with Crippen molar-refractivity contribution in [1.82, 2.24) is 4.31 Å². The second-order valence-electron chi connectivity index (χ2n) is 7.95. The number of rotatable bonds is 9. The van der Waals surface area contributed by atoms with E-state index in [1.165, 1.54) is 48.9 Å². The fourth-order valence-electron chi connectivity index (χ4n) is 3.74. The van der Waals surface area contributed by atoms with E-state index in [1.807, 2.05) is 0 Å². The van der Waals surface area contributed by atoms with Crippen LogP contribution in [0, 0.1) is 10.1 Å². The van der Waals surface area contributed by atoms with Gasteiger partial charge in [0.15, 0.2) is 6.61 Å². The zero-order valence-corrected chi connectivity index (χ0v) is 20.7. The van der Waals surface area contributed by atoms with Gasteiger partial charge >= 0.3 is 5.97 Å². The molecule has 1 heterocycles. The molecule has 0 bridgehead atoms. The van der Waals surface area contributed by atoms with Crippen LogP contribution in [0.3, 0.4) is 0 Å². The molecule has 1 aliphatic rings. The molecular formula is C23H27N3O9S. The van der Waals surface area contributed by atoms with Crippen molar-refractivity contribution in [2.45, 2.75) is 30.6 Å². The molecule has 13 heteroatoms. The number of hydrogen-bond donors (Lipinski definition) is 1. The molecule has 1 aliphatic heterocycles. The van der Waals surface area contributed by atoms with Crippen molar-refractivity contribution < 1.29 is 37.1 Å². The fourth-order valence-corrected chi connectivity index (χ4v) is 5.28. The van der Waals surface area contributed by atoms with Crippen LogP contribution in [0.25, 0.3) is 0 Å². The summed E-state index contributed by atoms with van der Waals surface area (Å²) in [6, 6.07) is 7.53. The minimum Gasteiger partial charge on any atom is -0.496 e. The Morgan fingerprint density at radius 1 is 1.00 bits per heavy atom. The SMILES string of the molecule is COc1ccc([N+](=O)[O-])cc1NC(=O)COC(=O)c1cc(S(=O)(=O)N2CCCCCC2)ccc1OC. The van der Waals surface area contributed by atoms with Crippen LogP contribution in [-0.2, 0) is 19.6 Å². The molecule has 1 fully saturated rings. The molecule has 0 saturated carbocycles. The Hall–Kier alpha value is -3.71. The first-order valence-electron chi connectivity index (χ1n) is 11.1. The molecule has 2 aromatic rings. The normalized spacial score (nSPS) is 14.4. The molecule has 0 spiro atoms. The second kappa shape index (κ2) is 11.8. The van der Waals surface area contributed by atoms with E-state index < -0.39 is 33.4 Å². The molecule has 1 saturated heterocycles. The average Bonchev–Trinajstić information content (AvgIpc) is 3.17. The second-order valence-corrected chi connectivity index (χ2v) is 9.88. The molecule has 1 amide bonds. The number of hydrogen-bond acceptors (Lipinski definition) is 9. The maximum Gasteiger partial charge on any atom is 0.342 e. The monoisotopic (exact) mass is 521 g/mol. The summed E-state index contributed by atoms with van der Waals surface area (Å²) in [4.78, 5) is 35.4. The van der Waals surface area contributed by atoms with Crippen LogP contribution in [0.2, 0.25) is 0 Å². The van der Waals surface area contributed by atoms with Crippen molar-refractivity contribution in [3.8, 4) is 11.5 Å². The quantitative estimate of drug-likeness (QED) is 0.298. The Bertz CT molecular complexity index is 1240. The standard InChI is InChI=1S/C23H27N3O9S/c1-33-20-10-8-17(36(31,32)25-11-5-3-4-6-12-25)14-18(20)23(28)35-15-22(27)24-19-13-16(26(29)30)7-9-21(19)34-2/h7-10,13-14H,3-6,11-12,15H2,1-2H3,(H,24,27). The third-order valence-corrected chi connectivity index (χ3v) is 7.49. The fraction of sp³-hybridized carbons (Fsp3) is 0.391. The van der Waals surface area contributed by atoms with Crippen molar-refractivity contribution in [3.63, 3.8) is 0 Å². The number of benzene rings is 2. The highest BCUT2D eigenvalue weighted by molar-refractivity contribution is 7.89. The highest BCUT2D eigenvalue weighted by Crippen LogP contribution is 2.29. The number of carbonyl (C=O) groups excluding carboxylic acids is 2. The van der Waals surface area contributed by atoms with E-state index in [1.54, 1.807) is 0 Å². The number of anilines is 1. The van der Waals surface area contributed by atoms with Gasteiger partial charge in [0, 0.05) is 25.2 Å². The smallest absolute Gasteiger partial charge is 0.342 e. The average molecular weight is 522 g/mol. The summed E-state index contributed by atoms with van der Waals surface area (Å²) >= 11 is 0. The molecule has 194 valence electrons. The predicted octanol–water partition coefficient (Wildman–Crippen LogP) is 2.97. The molecule has 0 radical (unpaired) electrons. The topological polar surface area (TPSA) is 154 Å². The number of ether oxygens (including phenoxy) is 3. The van der Waals surface area contributed by atoms with E-state index in [0.717, 1.165) is 31.7 Å². The predicted molar refractivity (Wildman–Crippen MR) is 129 cm³/mol. The Kier molecular flexibility index (Phi) is 8.83. The lowest BCUT2D eigenvalue weighted by Gasteiger charge is -2.20. The van der Waals surface area contributed by atoms with Crippen LogP contribution in [-0.4, -0.2) is 63.4 Å². The van der Waals surface area contributed by atoms with Gasteiger partial charge in [-0.3, -0.25) is 14.9 Å². The molecule has 0 unspecified atom stereocenters. The van der Waals surface area contributed by atoms with E-state index in [0.29, 0.717) is 13.1 Å². The summed E-state index contributed by atoms with van der Waals surface area (Å²) in [5.74, 6) is -1.50. The zero-order valence-electron chi connectivity index (χ0n) is 19.9. The number of amides is 1. The van der Waals surface area contributed by atoms with E-state index in [-0.39, 0.29) is 33.3 Å². The van der Waals surface area contributed by atoms with E-state index in [4.69, 9.17) is 14.2 Å². The van der Waals surface area contributed by atoms with Crippen molar-refractivity contribution in [3.05, 3.63) is 52.1 Å². The number of nitro benzene ring substituents is 1. The van der Waals surface area contributed by atoms with Gasteiger partial charge in [0.1, 0.15) is 17.1 Å². The van der Waals surface area contributed by atoms with Crippen LogP contribution in [0.1, 0.15) is 36.0 Å². The lowest BCUT2D eigenvalue weighted by molar-refractivity contribution is -0.384. The Balaban J connectivity index is 1.74. The first kappa shape index (κ1) is 26.9. The van der Waals surface area contributed by atoms with Gasteiger partial charge in [0.2, 0.25) is 10.0 Å². The van der Waals surface area contributed by atoms with Gasteiger partial charge in [0.25, 0.3) is 11.6 Å². The molecule has 3 rings (SSSR count). The molecular weight excluding hydrogens is 494 g/mol. The summed E-state index contributed by atoms with van der Waals surface area (Å²) < 4.78 is 43.0. The first-order valence-corrected chi connectivity index (χ1v) is 12.6. The Morgan fingerprint density at radius 2 is 1.64 bits per heavy atom. The molecule has 0 atom stereocenters. The van der Waals surface area contributed by atoms with Gasteiger partial charge < -0.3 is 19.5 Å². The van der Waals surface area contributed by atoms with E-state index in [9.17, 15) is 28.1 Å². The molecule has 0 aliphatic carbocycles. The van der Waals surface area contributed by atoms with Gasteiger partial charge in [-0.05, 0) is 37.1 Å². The van der Waals surface area contributed by atoms with Crippen LogP contribution >= 0.6 is 0 Å². The number of nitrogens with one attached hydrogen (secondary N) is 1.